The third-order valence-electron chi connectivity index (χ3n) is 5.51. The van der Waals surface area contributed by atoms with E-state index in [1.54, 1.807) is 6.07 Å². The Balaban J connectivity index is 1.45. The van der Waals surface area contributed by atoms with Crippen molar-refractivity contribution in [3.63, 3.8) is 0 Å². The second kappa shape index (κ2) is 11.6. The number of halogens is 1. The number of hydrogen-bond acceptors (Lipinski definition) is 5. The van der Waals surface area contributed by atoms with Gasteiger partial charge in [0, 0.05) is 24.8 Å². The molecule has 2 aromatic rings. The van der Waals surface area contributed by atoms with E-state index in [1.165, 1.54) is 12.1 Å². The zero-order valence-electron chi connectivity index (χ0n) is 18.5. The molecule has 2 aromatic carbocycles. The molecule has 0 aliphatic carbocycles. The molecule has 0 aromatic heterocycles. The van der Waals surface area contributed by atoms with Gasteiger partial charge in [-0.1, -0.05) is 25.5 Å². The lowest BCUT2D eigenvalue weighted by Gasteiger charge is -2.31. The summed E-state index contributed by atoms with van der Waals surface area (Å²) >= 11 is 0. The molecule has 1 atom stereocenters. The molecule has 1 unspecified atom stereocenters. The molecule has 0 saturated heterocycles. The van der Waals surface area contributed by atoms with Crippen molar-refractivity contribution >= 4 is 17.3 Å². The highest BCUT2D eigenvalue weighted by molar-refractivity contribution is 5.72. The summed E-state index contributed by atoms with van der Waals surface area (Å²) < 4.78 is 24.2. The molecule has 5 nitrogen and oxygen atoms in total. The number of esters is 1. The van der Waals surface area contributed by atoms with Crippen LogP contribution in [-0.4, -0.2) is 38.8 Å². The SMILES string of the molecule is CCCC(Cc1ccc(NCCCN2CCOc3cc(F)ccc32)cc1)C(=O)OCC. The van der Waals surface area contributed by atoms with Gasteiger partial charge in [-0.3, -0.25) is 4.79 Å². The second-order valence-corrected chi connectivity index (χ2v) is 7.87. The van der Waals surface area contributed by atoms with Crippen LogP contribution < -0.4 is 15.0 Å². The van der Waals surface area contributed by atoms with Crippen LogP contribution in [0, 0.1) is 11.7 Å². The lowest BCUT2D eigenvalue weighted by Crippen LogP contribution is -2.34. The zero-order chi connectivity index (χ0) is 22.1. The standard InChI is InChI=1S/C25H33FN2O3/c1-3-6-20(25(29)30-4-2)17-19-7-10-22(11-8-19)27-13-5-14-28-15-16-31-24-18-21(26)9-12-23(24)28/h7-12,18,20,27H,3-6,13-17H2,1-2H3. The Kier molecular flexibility index (Phi) is 8.56. The number of fused-ring (bicyclic) bond motifs is 1. The molecule has 1 heterocycles. The summed E-state index contributed by atoms with van der Waals surface area (Å²) in [7, 11) is 0. The molecular formula is C25H33FN2O3. The number of rotatable bonds is 11. The lowest BCUT2D eigenvalue weighted by molar-refractivity contribution is -0.148. The fourth-order valence-corrected chi connectivity index (χ4v) is 3.94. The third-order valence-corrected chi connectivity index (χ3v) is 5.51. The normalized spacial score (nSPS) is 13.8. The summed E-state index contributed by atoms with van der Waals surface area (Å²) in [6.07, 6.45) is 3.48. The number of carbonyl (C=O) groups excluding carboxylic acids is 1. The molecule has 6 heteroatoms. The van der Waals surface area contributed by atoms with Crippen LogP contribution in [0.25, 0.3) is 0 Å². The molecule has 0 fully saturated rings. The molecule has 3 rings (SSSR count). The van der Waals surface area contributed by atoms with Crippen LogP contribution in [0.2, 0.25) is 0 Å². The largest absolute Gasteiger partial charge is 0.489 e. The number of ether oxygens (including phenoxy) is 2. The van der Waals surface area contributed by atoms with E-state index in [0.717, 1.165) is 55.8 Å². The van der Waals surface area contributed by atoms with E-state index in [1.807, 2.05) is 6.92 Å². The molecule has 1 aliphatic heterocycles. The van der Waals surface area contributed by atoms with Crippen molar-refractivity contribution in [2.45, 2.75) is 39.5 Å². The summed E-state index contributed by atoms with van der Waals surface area (Å²) in [5.74, 6) is 0.181. The van der Waals surface area contributed by atoms with Crippen LogP contribution in [-0.2, 0) is 16.0 Å². The van der Waals surface area contributed by atoms with Crippen molar-refractivity contribution in [2.75, 3.05) is 43.1 Å². The van der Waals surface area contributed by atoms with Crippen molar-refractivity contribution in [3.8, 4) is 5.75 Å². The van der Waals surface area contributed by atoms with E-state index in [-0.39, 0.29) is 17.7 Å². The van der Waals surface area contributed by atoms with Crippen molar-refractivity contribution in [3.05, 3.63) is 53.8 Å². The summed E-state index contributed by atoms with van der Waals surface area (Å²) in [4.78, 5) is 14.4. The van der Waals surface area contributed by atoms with Crippen LogP contribution in [0.4, 0.5) is 15.8 Å². The predicted octanol–water partition coefficient (Wildman–Crippen LogP) is 5.05. The van der Waals surface area contributed by atoms with Crippen LogP contribution in [0.5, 0.6) is 5.75 Å². The topological polar surface area (TPSA) is 50.8 Å². The van der Waals surface area contributed by atoms with Gasteiger partial charge in [-0.2, -0.15) is 0 Å². The van der Waals surface area contributed by atoms with E-state index >= 15 is 0 Å². The van der Waals surface area contributed by atoms with Crippen LogP contribution in [0.3, 0.4) is 0 Å². The summed E-state index contributed by atoms with van der Waals surface area (Å²) in [5.41, 5.74) is 3.17. The van der Waals surface area contributed by atoms with Gasteiger partial charge in [-0.05, 0) is 56.0 Å². The third kappa shape index (κ3) is 6.61. The minimum absolute atomic E-state index is 0.0753. The van der Waals surface area contributed by atoms with E-state index in [0.29, 0.717) is 25.4 Å². The van der Waals surface area contributed by atoms with Crippen molar-refractivity contribution in [2.24, 2.45) is 5.92 Å². The lowest BCUT2D eigenvalue weighted by atomic mass is 9.95. The van der Waals surface area contributed by atoms with Crippen molar-refractivity contribution in [1.82, 2.24) is 0 Å². The Hall–Kier alpha value is -2.76. The van der Waals surface area contributed by atoms with Crippen molar-refractivity contribution in [1.29, 1.82) is 0 Å². The van der Waals surface area contributed by atoms with Gasteiger partial charge in [0.25, 0.3) is 0 Å². The maximum atomic E-state index is 13.4. The van der Waals surface area contributed by atoms with Gasteiger partial charge in [-0.25, -0.2) is 4.39 Å². The number of anilines is 2. The van der Waals surface area contributed by atoms with Crippen LogP contribution in [0.1, 0.15) is 38.7 Å². The quantitative estimate of drug-likeness (QED) is 0.401. The number of benzene rings is 2. The van der Waals surface area contributed by atoms with E-state index in [4.69, 9.17) is 9.47 Å². The highest BCUT2D eigenvalue weighted by Gasteiger charge is 2.20. The highest BCUT2D eigenvalue weighted by Crippen LogP contribution is 2.32. The first-order valence-electron chi connectivity index (χ1n) is 11.3. The Morgan fingerprint density at radius 2 is 2.03 bits per heavy atom. The fraction of sp³-hybridized carbons (Fsp3) is 0.480. The monoisotopic (exact) mass is 428 g/mol. The van der Waals surface area contributed by atoms with E-state index in [2.05, 4.69) is 41.4 Å². The first-order chi connectivity index (χ1) is 15.1. The predicted molar refractivity (Wildman–Crippen MR) is 122 cm³/mol. The number of carbonyl (C=O) groups is 1. The van der Waals surface area contributed by atoms with Crippen molar-refractivity contribution < 1.29 is 18.7 Å². The first-order valence-corrected chi connectivity index (χ1v) is 11.3. The number of hydrogen-bond donors (Lipinski definition) is 1. The van der Waals surface area contributed by atoms with E-state index < -0.39 is 0 Å². The molecule has 0 saturated carbocycles. The first kappa shape index (κ1) is 22.9. The molecular weight excluding hydrogens is 395 g/mol. The highest BCUT2D eigenvalue weighted by atomic mass is 19.1. The van der Waals surface area contributed by atoms with Gasteiger partial charge >= 0.3 is 5.97 Å². The minimum Gasteiger partial charge on any atom is -0.489 e. The molecule has 0 amide bonds. The fourth-order valence-electron chi connectivity index (χ4n) is 3.94. The summed E-state index contributed by atoms with van der Waals surface area (Å²) in [6, 6.07) is 13.0. The summed E-state index contributed by atoms with van der Waals surface area (Å²) in [5, 5.41) is 3.46. The second-order valence-electron chi connectivity index (χ2n) is 7.87. The molecule has 0 spiro atoms. The average molecular weight is 429 g/mol. The number of nitrogens with zero attached hydrogens (tertiary/aromatic N) is 1. The molecule has 1 aliphatic rings. The van der Waals surface area contributed by atoms with Gasteiger partial charge < -0.3 is 19.7 Å². The van der Waals surface area contributed by atoms with Gasteiger partial charge in [0.15, 0.2) is 0 Å². The molecule has 31 heavy (non-hydrogen) atoms. The van der Waals surface area contributed by atoms with Gasteiger partial charge in [0.1, 0.15) is 18.2 Å². The van der Waals surface area contributed by atoms with Gasteiger partial charge in [0.2, 0.25) is 0 Å². The average Bonchev–Trinajstić information content (AvgIpc) is 2.77. The molecule has 1 N–H and O–H groups in total. The molecule has 0 radical (unpaired) electrons. The number of nitrogens with one attached hydrogen (secondary N) is 1. The zero-order valence-corrected chi connectivity index (χ0v) is 18.5. The van der Waals surface area contributed by atoms with Crippen LogP contribution >= 0.6 is 0 Å². The van der Waals surface area contributed by atoms with Gasteiger partial charge in [0.05, 0.1) is 24.8 Å². The smallest absolute Gasteiger partial charge is 0.309 e. The van der Waals surface area contributed by atoms with Crippen LogP contribution in [0.15, 0.2) is 42.5 Å². The Labute approximate surface area is 184 Å². The minimum atomic E-state index is -0.269. The van der Waals surface area contributed by atoms with E-state index in [9.17, 15) is 9.18 Å². The summed E-state index contributed by atoms with van der Waals surface area (Å²) in [6.45, 7) is 7.48. The Morgan fingerprint density at radius 1 is 1.23 bits per heavy atom. The maximum absolute atomic E-state index is 13.4. The molecule has 0 bridgehead atoms. The Morgan fingerprint density at radius 3 is 2.77 bits per heavy atom. The van der Waals surface area contributed by atoms with Gasteiger partial charge in [-0.15, -0.1) is 0 Å². The molecule has 168 valence electrons. The maximum Gasteiger partial charge on any atom is 0.309 e. The Bertz CT molecular complexity index is 841.